The number of carbonyl (C=O) groups excluding carboxylic acids is 4. The summed E-state index contributed by atoms with van der Waals surface area (Å²) >= 11 is 0. The fourth-order valence-electron chi connectivity index (χ4n) is 5.95. The van der Waals surface area contributed by atoms with Gasteiger partial charge in [-0.25, -0.2) is 27.6 Å². The van der Waals surface area contributed by atoms with Crippen molar-refractivity contribution in [1.82, 2.24) is 9.13 Å². The third-order valence-corrected chi connectivity index (χ3v) is 9.80. The first-order valence-electron chi connectivity index (χ1n) is 15.8. The van der Waals surface area contributed by atoms with E-state index in [9.17, 15) is 27.6 Å². The van der Waals surface area contributed by atoms with E-state index in [4.69, 9.17) is 18.9 Å². The normalized spacial score (nSPS) is 11.3. The summed E-state index contributed by atoms with van der Waals surface area (Å²) in [6, 6.07) is 12.1. The molecule has 0 aliphatic carbocycles. The minimum Gasteiger partial charge on any atom is -0.462 e. The maximum atomic E-state index is 13.7. The van der Waals surface area contributed by atoms with Crippen LogP contribution in [-0.2, 0) is 28.8 Å². The highest BCUT2D eigenvalue weighted by atomic mass is 32.2. The summed E-state index contributed by atoms with van der Waals surface area (Å²) in [7, 11) is -3.98. The van der Waals surface area contributed by atoms with Gasteiger partial charge in [-0.3, -0.25) is 0 Å². The first kappa shape index (κ1) is 36.7. The number of hydrogen-bond donors (Lipinski definition) is 0. The van der Waals surface area contributed by atoms with Gasteiger partial charge in [-0.1, -0.05) is 0 Å². The molecule has 0 bridgehead atoms. The molecule has 12 nitrogen and oxygen atoms in total. The molecule has 0 unspecified atom stereocenters. The van der Waals surface area contributed by atoms with Gasteiger partial charge in [0.15, 0.2) is 0 Å². The maximum absolute atomic E-state index is 13.7. The second kappa shape index (κ2) is 14.9. The van der Waals surface area contributed by atoms with Gasteiger partial charge in [-0.2, -0.15) is 0 Å². The lowest BCUT2D eigenvalue weighted by Crippen LogP contribution is -2.13. The van der Waals surface area contributed by atoms with E-state index in [2.05, 4.69) is 0 Å². The molecule has 0 saturated carbocycles. The molecule has 0 N–H and O–H groups in total. The Morgan fingerprint density at radius 3 is 0.898 bits per heavy atom. The molecule has 0 spiro atoms. The fourth-order valence-corrected chi connectivity index (χ4v) is 7.21. The van der Waals surface area contributed by atoms with E-state index in [-0.39, 0.29) is 58.5 Å². The van der Waals surface area contributed by atoms with Crippen molar-refractivity contribution >= 4 is 33.7 Å². The van der Waals surface area contributed by atoms with Crippen molar-refractivity contribution in [3.63, 3.8) is 0 Å². The molecule has 0 amide bonds. The Balaban J connectivity index is 1.72. The average molecular weight is 693 g/mol. The number of benzene rings is 2. The number of esters is 4. The average Bonchev–Trinajstić information content (AvgIpc) is 3.49. The van der Waals surface area contributed by atoms with E-state index in [1.165, 1.54) is 24.3 Å². The van der Waals surface area contributed by atoms with Crippen LogP contribution in [0.15, 0.2) is 58.3 Å². The molecule has 0 fully saturated rings. The number of nitrogens with zero attached hydrogens (tertiary/aromatic N) is 2. The van der Waals surface area contributed by atoms with Gasteiger partial charge in [-0.15, -0.1) is 0 Å². The van der Waals surface area contributed by atoms with Crippen LogP contribution in [0, 0.1) is 27.7 Å². The minimum absolute atomic E-state index is 0.0187. The Bertz CT molecular complexity index is 1800. The van der Waals surface area contributed by atoms with Crippen LogP contribution in [-0.4, -0.2) is 67.9 Å². The third-order valence-electron chi connectivity index (χ3n) is 8.02. The third kappa shape index (κ3) is 6.75. The number of rotatable bonds is 12. The van der Waals surface area contributed by atoms with Gasteiger partial charge in [0.1, 0.15) is 0 Å². The Morgan fingerprint density at radius 1 is 0.469 bits per heavy atom. The van der Waals surface area contributed by atoms with Gasteiger partial charge in [0.05, 0.1) is 58.5 Å². The van der Waals surface area contributed by atoms with Gasteiger partial charge in [-0.05, 0) is 104 Å². The number of carbonyl (C=O) groups is 4. The molecule has 13 heteroatoms. The molecule has 0 radical (unpaired) electrons. The van der Waals surface area contributed by atoms with Crippen molar-refractivity contribution in [2.24, 2.45) is 0 Å². The van der Waals surface area contributed by atoms with Gasteiger partial charge in [0.2, 0.25) is 9.84 Å². The quantitative estimate of drug-likeness (QED) is 0.127. The summed E-state index contributed by atoms with van der Waals surface area (Å²) < 4.78 is 51.6. The molecule has 2 aromatic carbocycles. The van der Waals surface area contributed by atoms with E-state index < -0.39 is 33.7 Å². The van der Waals surface area contributed by atoms with Gasteiger partial charge in [0.25, 0.3) is 0 Å². The molecule has 2 heterocycles. The SMILES string of the molecule is CCOC(=O)c1c(C(=O)OCC)c(C)n(-c2ccc(S(=O)(=O)c3ccc(-n4c(C)c(C(=O)OCC)c(C(=O)OCC)c4C)cc3)cc2)c1C. The molecule has 49 heavy (non-hydrogen) atoms. The highest BCUT2D eigenvalue weighted by Crippen LogP contribution is 2.31. The lowest BCUT2D eigenvalue weighted by molar-refractivity contribution is 0.0479. The molecule has 260 valence electrons. The van der Waals surface area contributed by atoms with Crippen LogP contribution in [0.25, 0.3) is 11.4 Å². The number of aromatic nitrogens is 2. The summed E-state index contributed by atoms with van der Waals surface area (Å²) in [6.07, 6.45) is 0. The van der Waals surface area contributed by atoms with Crippen LogP contribution >= 0.6 is 0 Å². The van der Waals surface area contributed by atoms with E-state index in [0.29, 0.717) is 34.2 Å². The van der Waals surface area contributed by atoms with Crippen molar-refractivity contribution in [2.45, 2.75) is 65.2 Å². The Labute approximate surface area is 285 Å². The zero-order valence-electron chi connectivity index (χ0n) is 28.8. The molecular formula is C36H40N2O10S. The Morgan fingerprint density at radius 2 is 0.694 bits per heavy atom. The summed E-state index contributed by atoms with van der Waals surface area (Å²) in [5.74, 6) is -2.64. The molecule has 4 rings (SSSR count). The van der Waals surface area contributed by atoms with Gasteiger partial charge in [0, 0.05) is 34.2 Å². The minimum atomic E-state index is -3.98. The van der Waals surface area contributed by atoms with E-state index in [0.717, 1.165) is 0 Å². The van der Waals surface area contributed by atoms with Crippen molar-refractivity contribution in [2.75, 3.05) is 26.4 Å². The van der Waals surface area contributed by atoms with Gasteiger partial charge >= 0.3 is 23.9 Å². The van der Waals surface area contributed by atoms with Crippen molar-refractivity contribution in [3.05, 3.63) is 93.6 Å². The fraction of sp³-hybridized carbons (Fsp3) is 0.333. The monoisotopic (exact) mass is 692 g/mol. The number of hydrogen-bond acceptors (Lipinski definition) is 10. The first-order valence-corrected chi connectivity index (χ1v) is 17.3. The molecular weight excluding hydrogens is 652 g/mol. The Hall–Kier alpha value is -5.17. The predicted octanol–water partition coefficient (Wildman–Crippen LogP) is 6.04. The smallest absolute Gasteiger partial charge is 0.340 e. The highest BCUT2D eigenvalue weighted by molar-refractivity contribution is 7.91. The molecule has 0 aliphatic heterocycles. The second-order valence-corrected chi connectivity index (χ2v) is 12.8. The second-order valence-electron chi connectivity index (χ2n) is 10.9. The zero-order chi connectivity index (χ0) is 36.2. The van der Waals surface area contributed by atoms with Crippen LogP contribution in [0.1, 0.15) is 91.9 Å². The van der Waals surface area contributed by atoms with Crippen molar-refractivity contribution in [3.8, 4) is 11.4 Å². The first-order chi connectivity index (χ1) is 23.3. The molecule has 0 atom stereocenters. The molecule has 2 aromatic heterocycles. The standard InChI is InChI=1S/C36H40N2O10S/c1-9-45-33(39)29-21(5)37(22(6)30(29)34(40)46-10-2)25-13-17-27(18-14-25)49(43,44)28-19-15-26(16-20-28)38-23(7)31(35(41)47-11-3)32(24(38)8)36(42)48-12-4/h13-20H,9-12H2,1-8H3. The summed E-state index contributed by atoms with van der Waals surface area (Å²) in [5, 5.41) is 0. The summed E-state index contributed by atoms with van der Waals surface area (Å²) in [6.45, 7) is 13.8. The van der Waals surface area contributed by atoms with Crippen LogP contribution in [0.2, 0.25) is 0 Å². The summed E-state index contributed by atoms with van der Waals surface area (Å²) in [4.78, 5) is 51.4. The Kier molecular flexibility index (Phi) is 11.2. The largest absolute Gasteiger partial charge is 0.462 e. The van der Waals surface area contributed by atoms with Crippen molar-refractivity contribution < 1.29 is 46.5 Å². The molecule has 4 aromatic rings. The topological polar surface area (TPSA) is 149 Å². The highest BCUT2D eigenvalue weighted by Gasteiger charge is 2.32. The zero-order valence-corrected chi connectivity index (χ0v) is 29.6. The van der Waals surface area contributed by atoms with E-state index in [1.807, 2.05) is 0 Å². The van der Waals surface area contributed by atoms with Gasteiger partial charge < -0.3 is 28.1 Å². The molecule has 0 aliphatic rings. The molecule has 0 saturated heterocycles. The number of sulfone groups is 1. The van der Waals surface area contributed by atoms with E-state index >= 15 is 0 Å². The van der Waals surface area contributed by atoms with Crippen LogP contribution < -0.4 is 0 Å². The maximum Gasteiger partial charge on any atom is 0.340 e. The van der Waals surface area contributed by atoms with Crippen LogP contribution in [0.5, 0.6) is 0 Å². The van der Waals surface area contributed by atoms with Crippen LogP contribution in [0.4, 0.5) is 0 Å². The predicted molar refractivity (Wildman–Crippen MR) is 180 cm³/mol. The van der Waals surface area contributed by atoms with E-state index in [1.54, 1.807) is 88.8 Å². The lowest BCUT2D eigenvalue weighted by atomic mass is 10.1. The van der Waals surface area contributed by atoms with Crippen molar-refractivity contribution in [1.29, 1.82) is 0 Å². The summed E-state index contributed by atoms with van der Waals surface area (Å²) in [5.41, 5.74) is 3.18. The van der Waals surface area contributed by atoms with Crippen LogP contribution in [0.3, 0.4) is 0 Å². The lowest BCUT2D eigenvalue weighted by Gasteiger charge is -2.13. The number of ether oxygens (including phenoxy) is 4.